The molecule has 1 atom stereocenters. The molecule has 0 aromatic carbocycles. The van der Waals surface area contributed by atoms with Gasteiger partial charge in [0, 0.05) is 49.2 Å². The number of nitrogens with zero attached hydrogens (tertiary/aromatic N) is 3. The van der Waals surface area contributed by atoms with E-state index < -0.39 is 0 Å². The molecule has 0 spiro atoms. The third kappa shape index (κ3) is 3.73. The monoisotopic (exact) mass is 287 g/mol. The summed E-state index contributed by atoms with van der Waals surface area (Å²) in [5.41, 5.74) is 2.51. The summed E-state index contributed by atoms with van der Waals surface area (Å²) in [4.78, 5) is 10.5. The number of rotatable bonds is 6. The van der Waals surface area contributed by atoms with Gasteiger partial charge < -0.3 is 4.98 Å². The Morgan fingerprint density at radius 3 is 3.19 bits per heavy atom. The average molecular weight is 287 g/mol. The van der Waals surface area contributed by atoms with Gasteiger partial charge in [0.25, 0.3) is 0 Å². The minimum Gasteiger partial charge on any atom is -0.345 e. The number of aryl methyl sites for hydroxylation is 1. The summed E-state index contributed by atoms with van der Waals surface area (Å²) in [5, 5.41) is 7.20. The summed E-state index contributed by atoms with van der Waals surface area (Å²) < 4.78 is 0. The van der Waals surface area contributed by atoms with Gasteiger partial charge in [0.05, 0.1) is 0 Å². The van der Waals surface area contributed by atoms with Gasteiger partial charge in [-0.3, -0.25) is 10.00 Å². The van der Waals surface area contributed by atoms with E-state index in [2.05, 4.69) is 38.1 Å². The van der Waals surface area contributed by atoms with Crippen LogP contribution in [0.15, 0.2) is 18.5 Å². The van der Waals surface area contributed by atoms with Gasteiger partial charge >= 0.3 is 0 Å². The zero-order valence-corrected chi connectivity index (χ0v) is 12.8. The molecule has 3 heterocycles. The molecule has 0 aliphatic carbocycles. The molecule has 5 heteroatoms. The van der Waals surface area contributed by atoms with Gasteiger partial charge in [-0.2, -0.15) is 5.10 Å². The maximum atomic E-state index is 4.49. The molecule has 2 aromatic rings. The molecule has 1 aliphatic rings. The minimum atomic E-state index is 0.587. The number of unbranched alkanes of at least 4 members (excludes halogenated alkanes) is 1. The molecule has 1 aliphatic heterocycles. The molecule has 0 amide bonds. The number of hydrogen-bond donors (Lipinski definition) is 2. The SMILES string of the molecule is CCCCc1ncc(CN2CCC[C@H](c3ccn[nH]3)C2)[nH]1. The van der Waals surface area contributed by atoms with Gasteiger partial charge in [-0.15, -0.1) is 0 Å². The van der Waals surface area contributed by atoms with Gasteiger partial charge in [-0.1, -0.05) is 13.3 Å². The number of aromatic nitrogens is 4. The third-order valence-electron chi connectivity index (χ3n) is 4.31. The normalized spacial score (nSPS) is 20.0. The number of H-pyrrole nitrogens is 2. The van der Waals surface area contributed by atoms with Gasteiger partial charge in [0.15, 0.2) is 0 Å². The van der Waals surface area contributed by atoms with E-state index >= 15 is 0 Å². The Balaban J connectivity index is 1.56. The lowest BCUT2D eigenvalue weighted by Crippen LogP contribution is -2.34. The van der Waals surface area contributed by atoms with Crippen molar-refractivity contribution in [1.29, 1.82) is 0 Å². The fourth-order valence-electron chi connectivity index (χ4n) is 3.15. The predicted molar refractivity (Wildman–Crippen MR) is 83.0 cm³/mol. The molecular formula is C16H25N5. The number of hydrogen-bond acceptors (Lipinski definition) is 3. The van der Waals surface area contributed by atoms with E-state index in [1.807, 2.05) is 12.4 Å². The van der Waals surface area contributed by atoms with E-state index in [0.29, 0.717) is 5.92 Å². The summed E-state index contributed by atoms with van der Waals surface area (Å²) in [6.45, 7) is 5.47. The van der Waals surface area contributed by atoms with E-state index in [1.54, 1.807) is 0 Å². The number of aromatic amines is 2. The zero-order chi connectivity index (χ0) is 14.5. The maximum absolute atomic E-state index is 4.49. The predicted octanol–water partition coefficient (Wildman–Crippen LogP) is 2.86. The largest absolute Gasteiger partial charge is 0.345 e. The molecule has 114 valence electrons. The summed E-state index contributed by atoms with van der Waals surface area (Å²) in [7, 11) is 0. The molecule has 0 radical (unpaired) electrons. The van der Waals surface area contributed by atoms with Crippen molar-refractivity contribution >= 4 is 0 Å². The summed E-state index contributed by atoms with van der Waals surface area (Å²) in [6, 6.07) is 2.10. The minimum absolute atomic E-state index is 0.587. The second-order valence-electron chi connectivity index (χ2n) is 6.04. The Kier molecular flexibility index (Phi) is 4.70. The number of imidazole rings is 1. The Labute approximate surface area is 126 Å². The first kappa shape index (κ1) is 14.3. The second-order valence-corrected chi connectivity index (χ2v) is 6.04. The van der Waals surface area contributed by atoms with Crippen LogP contribution in [0.4, 0.5) is 0 Å². The standard InChI is InChI=1S/C16H25N5/c1-2-3-6-16-17-10-14(19-16)12-21-9-4-5-13(11-21)15-7-8-18-20-15/h7-8,10,13H,2-6,9,11-12H2,1H3,(H,17,19)(H,18,20)/t13-/m0/s1. The van der Waals surface area contributed by atoms with Gasteiger partial charge in [0.1, 0.15) is 5.82 Å². The topological polar surface area (TPSA) is 60.6 Å². The van der Waals surface area contributed by atoms with E-state index in [1.165, 1.54) is 43.6 Å². The molecular weight excluding hydrogens is 262 g/mol. The van der Waals surface area contributed by atoms with Crippen LogP contribution >= 0.6 is 0 Å². The number of nitrogens with one attached hydrogen (secondary N) is 2. The lowest BCUT2D eigenvalue weighted by molar-refractivity contribution is 0.196. The van der Waals surface area contributed by atoms with E-state index in [-0.39, 0.29) is 0 Å². The first-order valence-electron chi connectivity index (χ1n) is 8.09. The van der Waals surface area contributed by atoms with Crippen LogP contribution in [-0.2, 0) is 13.0 Å². The van der Waals surface area contributed by atoms with Crippen molar-refractivity contribution in [3.8, 4) is 0 Å². The van der Waals surface area contributed by atoms with Crippen LogP contribution in [0.1, 0.15) is 55.7 Å². The van der Waals surface area contributed by atoms with Crippen LogP contribution in [0.2, 0.25) is 0 Å². The van der Waals surface area contributed by atoms with Crippen molar-refractivity contribution in [2.45, 2.75) is 51.5 Å². The molecule has 0 unspecified atom stereocenters. The lowest BCUT2D eigenvalue weighted by atomic mass is 9.95. The molecule has 0 saturated carbocycles. The van der Waals surface area contributed by atoms with Gasteiger partial charge in [-0.05, 0) is 31.9 Å². The highest BCUT2D eigenvalue weighted by molar-refractivity contribution is 5.08. The highest BCUT2D eigenvalue weighted by atomic mass is 15.2. The van der Waals surface area contributed by atoms with Crippen molar-refractivity contribution in [3.63, 3.8) is 0 Å². The van der Waals surface area contributed by atoms with Crippen molar-refractivity contribution in [2.24, 2.45) is 0 Å². The average Bonchev–Trinajstić information content (AvgIpc) is 3.17. The van der Waals surface area contributed by atoms with Crippen molar-refractivity contribution in [3.05, 3.63) is 35.7 Å². The van der Waals surface area contributed by atoms with Crippen molar-refractivity contribution < 1.29 is 0 Å². The summed E-state index contributed by atoms with van der Waals surface area (Å²) >= 11 is 0. The molecule has 2 aromatic heterocycles. The van der Waals surface area contributed by atoms with Crippen LogP contribution in [0.5, 0.6) is 0 Å². The summed E-state index contributed by atoms with van der Waals surface area (Å²) in [6.07, 6.45) is 9.85. The second kappa shape index (κ2) is 6.89. The first-order valence-corrected chi connectivity index (χ1v) is 8.09. The number of piperidine rings is 1. The first-order chi connectivity index (χ1) is 10.3. The van der Waals surface area contributed by atoms with E-state index in [9.17, 15) is 0 Å². The Bertz CT molecular complexity index is 531. The third-order valence-corrected chi connectivity index (χ3v) is 4.31. The fraction of sp³-hybridized carbons (Fsp3) is 0.625. The smallest absolute Gasteiger partial charge is 0.106 e. The molecule has 5 nitrogen and oxygen atoms in total. The van der Waals surface area contributed by atoms with Crippen LogP contribution in [-0.4, -0.2) is 38.2 Å². The Morgan fingerprint density at radius 2 is 2.38 bits per heavy atom. The van der Waals surface area contributed by atoms with Crippen LogP contribution in [0.25, 0.3) is 0 Å². The van der Waals surface area contributed by atoms with Crippen LogP contribution in [0.3, 0.4) is 0 Å². The molecule has 3 rings (SSSR count). The van der Waals surface area contributed by atoms with Crippen molar-refractivity contribution in [1.82, 2.24) is 25.1 Å². The molecule has 1 saturated heterocycles. The lowest BCUT2D eigenvalue weighted by Gasteiger charge is -2.31. The quantitative estimate of drug-likeness (QED) is 0.859. The fourth-order valence-corrected chi connectivity index (χ4v) is 3.15. The Hall–Kier alpha value is -1.62. The van der Waals surface area contributed by atoms with Gasteiger partial charge in [-0.25, -0.2) is 4.98 Å². The highest BCUT2D eigenvalue weighted by Gasteiger charge is 2.22. The molecule has 0 bridgehead atoms. The number of likely N-dealkylation sites (tertiary alicyclic amines) is 1. The highest BCUT2D eigenvalue weighted by Crippen LogP contribution is 2.25. The summed E-state index contributed by atoms with van der Waals surface area (Å²) in [5.74, 6) is 1.72. The molecule has 21 heavy (non-hydrogen) atoms. The zero-order valence-electron chi connectivity index (χ0n) is 12.8. The maximum Gasteiger partial charge on any atom is 0.106 e. The van der Waals surface area contributed by atoms with E-state index in [0.717, 1.165) is 25.3 Å². The van der Waals surface area contributed by atoms with Crippen LogP contribution in [0, 0.1) is 0 Å². The van der Waals surface area contributed by atoms with E-state index in [4.69, 9.17) is 0 Å². The molecule has 2 N–H and O–H groups in total. The Morgan fingerprint density at radius 1 is 1.43 bits per heavy atom. The van der Waals surface area contributed by atoms with Gasteiger partial charge in [0.2, 0.25) is 0 Å². The van der Waals surface area contributed by atoms with Crippen LogP contribution < -0.4 is 0 Å². The molecule has 1 fully saturated rings. The van der Waals surface area contributed by atoms with Crippen molar-refractivity contribution in [2.75, 3.05) is 13.1 Å².